The minimum Gasteiger partial charge on any atom is -0.350 e. The number of ether oxygens (including phenoxy) is 2. The van der Waals surface area contributed by atoms with Gasteiger partial charge >= 0.3 is 0 Å². The molecule has 154 valence electrons. The minimum atomic E-state index is -0.317. The summed E-state index contributed by atoms with van der Waals surface area (Å²) in [7, 11) is 0. The number of benzene rings is 1. The van der Waals surface area contributed by atoms with Crippen molar-refractivity contribution in [3.63, 3.8) is 0 Å². The first-order valence-electron chi connectivity index (χ1n) is 10.5. The fourth-order valence-corrected chi connectivity index (χ4v) is 3.51. The van der Waals surface area contributed by atoms with Crippen LogP contribution in [0, 0.1) is 13.8 Å². The largest absolute Gasteiger partial charge is 0.350 e. The van der Waals surface area contributed by atoms with Gasteiger partial charge in [-0.1, -0.05) is 57.0 Å². The zero-order valence-corrected chi connectivity index (χ0v) is 18.0. The average molecular weight is 386 g/mol. The number of rotatable bonds is 12. The van der Waals surface area contributed by atoms with Crippen LogP contribution in [0.1, 0.15) is 79.8 Å². The summed E-state index contributed by atoms with van der Waals surface area (Å²) in [5, 5.41) is 0. The van der Waals surface area contributed by atoms with E-state index in [0.29, 0.717) is 18.8 Å². The van der Waals surface area contributed by atoms with Gasteiger partial charge in [-0.15, -0.1) is 0 Å². The van der Waals surface area contributed by atoms with Crippen molar-refractivity contribution in [1.82, 2.24) is 4.57 Å². The maximum Gasteiger partial charge on any atom is 0.194 e. The van der Waals surface area contributed by atoms with Crippen LogP contribution in [-0.2, 0) is 9.47 Å². The number of carbonyl (C=O) groups is 1. The normalized spacial score (nSPS) is 12.5. The summed E-state index contributed by atoms with van der Waals surface area (Å²) in [6, 6.07) is 11.4. The second kappa shape index (κ2) is 11.2. The van der Waals surface area contributed by atoms with Gasteiger partial charge in [-0.25, -0.2) is 0 Å². The quantitative estimate of drug-likeness (QED) is 0.261. The van der Waals surface area contributed by atoms with Crippen LogP contribution in [0.3, 0.4) is 0 Å². The van der Waals surface area contributed by atoms with Gasteiger partial charge in [0.25, 0.3) is 0 Å². The van der Waals surface area contributed by atoms with Crippen molar-refractivity contribution in [1.29, 1.82) is 0 Å². The number of nitrogens with zero attached hydrogens (tertiary/aromatic N) is 1. The molecule has 4 nitrogen and oxygen atoms in total. The lowest BCUT2D eigenvalue weighted by atomic mass is 10.0. The first-order chi connectivity index (χ1) is 13.5. The molecule has 2 aromatic rings. The van der Waals surface area contributed by atoms with E-state index in [9.17, 15) is 4.79 Å². The highest BCUT2D eigenvalue weighted by atomic mass is 16.7. The molecule has 0 saturated heterocycles. The maximum absolute atomic E-state index is 13.0. The lowest BCUT2D eigenvalue weighted by molar-refractivity contribution is -0.166. The summed E-state index contributed by atoms with van der Waals surface area (Å²) in [5.41, 5.74) is 3.47. The van der Waals surface area contributed by atoms with Gasteiger partial charge in [0.2, 0.25) is 0 Å². The highest BCUT2D eigenvalue weighted by Crippen LogP contribution is 2.26. The van der Waals surface area contributed by atoms with Gasteiger partial charge in [-0.2, -0.15) is 0 Å². The number of unbranched alkanes of at least 4 members (excludes halogenated alkanes) is 2. The fourth-order valence-electron chi connectivity index (χ4n) is 3.51. The SMILES string of the molecule is CCCCOC(OCCCC)C(C)n1c(C)cc(C(=O)c2ccccc2)c1C. The predicted molar refractivity (Wildman–Crippen MR) is 114 cm³/mol. The summed E-state index contributed by atoms with van der Waals surface area (Å²) < 4.78 is 14.3. The van der Waals surface area contributed by atoms with E-state index < -0.39 is 0 Å². The van der Waals surface area contributed by atoms with E-state index >= 15 is 0 Å². The number of ketones is 1. The summed E-state index contributed by atoms with van der Waals surface area (Å²) in [4.78, 5) is 13.0. The Balaban J connectivity index is 2.25. The Labute approximate surface area is 169 Å². The van der Waals surface area contributed by atoms with Crippen molar-refractivity contribution in [3.8, 4) is 0 Å². The van der Waals surface area contributed by atoms with Crippen LogP contribution in [0.5, 0.6) is 0 Å². The molecule has 1 aromatic carbocycles. The third-order valence-corrected chi connectivity index (χ3v) is 5.13. The average Bonchev–Trinajstić information content (AvgIpc) is 3.00. The minimum absolute atomic E-state index is 0.00830. The van der Waals surface area contributed by atoms with E-state index in [1.54, 1.807) is 0 Å². The molecule has 0 aliphatic carbocycles. The Morgan fingerprint density at radius 1 is 1.00 bits per heavy atom. The monoisotopic (exact) mass is 385 g/mol. The zero-order chi connectivity index (χ0) is 20.5. The second-order valence-corrected chi connectivity index (χ2v) is 7.41. The van der Waals surface area contributed by atoms with E-state index in [4.69, 9.17) is 9.47 Å². The molecule has 1 atom stereocenters. The first kappa shape index (κ1) is 22.4. The van der Waals surface area contributed by atoms with Gasteiger partial charge in [0.15, 0.2) is 12.1 Å². The zero-order valence-electron chi connectivity index (χ0n) is 18.0. The summed E-state index contributed by atoms with van der Waals surface area (Å²) in [6.45, 7) is 11.8. The van der Waals surface area contributed by atoms with Crippen molar-refractivity contribution in [2.75, 3.05) is 13.2 Å². The van der Waals surface area contributed by atoms with Crippen LogP contribution < -0.4 is 0 Å². The predicted octanol–water partition coefficient (Wildman–Crippen LogP) is 5.86. The van der Waals surface area contributed by atoms with Crippen LogP contribution in [0.2, 0.25) is 0 Å². The molecule has 0 bridgehead atoms. The molecule has 0 fully saturated rings. The number of hydrogen-bond donors (Lipinski definition) is 0. The molecular formula is C24H35NO3. The van der Waals surface area contributed by atoms with Crippen LogP contribution in [0.4, 0.5) is 0 Å². The van der Waals surface area contributed by atoms with Crippen LogP contribution >= 0.6 is 0 Å². The molecule has 0 saturated carbocycles. The van der Waals surface area contributed by atoms with Gasteiger partial charge in [-0.05, 0) is 39.7 Å². The Morgan fingerprint density at radius 2 is 1.57 bits per heavy atom. The van der Waals surface area contributed by atoms with Crippen LogP contribution in [0.15, 0.2) is 36.4 Å². The Kier molecular flexibility index (Phi) is 8.94. The van der Waals surface area contributed by atoms with E-state index in [2.05, 4.69) is 25.3 Å². The molecule has 1 heterocycles. The van der Waals surface area contributed by atoms with Gasteiger partial charge in [0.05, 0.1) is 6.04 Å². The third kappa shape index (κ3) is 5.55. The Hall–Kier alpha value is -1.91. The van der Waals surface area contributed by atoms with E-state index in [0.717, 1.165) is 42.6 Å². The number of carbonyl (C=O) groups excluding carboxylic acids is 1. The fraction of sp³-hybridized carbons (Fsp3) is 0.542. The topological polar surface area (TPSA) is 40.5 Å². The maximum atomic E-state index is 13.0. The molecule has 0 radical (unpaired) electrons. The Morgan fingerprint density at radius 3 is 2.11 bits per heavy atom. The molecule has 1 unspecified atom stereocenters. The lowest BCUT2D eigenvalue weighted by Gasteiger charge is -2.28. The summed E-state index contributed by atoms with van der Waals surface area (Å²) in [6.07, 6.45) is 3.90. The molecule has 2 rings (SSSR count). The molecule has 4 heteroatoms. The highest BCUT2D eigenvalue weighted by Gasteiger charge is 2.26. The van der Waals surface area contributed by atoms with Crippen molar-refractivity contribution in [2.24, 2.45) is 0 Å². The van der Waals surface area contributed by atoms with Crippen molar-refractivity contribution in [2.45, 2.75) is 72.6 Å². The van der Waals surface area contributed by atoms with Crippen molar-refractivity contribution < 1.29 is 14.3 Å². The number of aromatic nitrogens is 1. The molecular weight excluding hydrogens is 350 g/mol. The highest BCUT2D eigenvalue weighted by molar-refractivity contribution is 6.09. The first-order valence-corrected chi connectivity index (χ1v) is 10.5. The molecule has 1 aromatic heterocycles. The van der Waals surface area contributed by atoms with Gasteiger partial charge in [-0.3, -0.25) is 4.79 Å². The molecule has 0 aliphatic heterocycles. The Bertz CT molecular complexity index is 726. The standard InChI is InChI=1S/C24H35NO3/c1-6-8-15-27-24(28-16-9-7-2)20(5)25-18(3)17-22(19(25)4)23(26)21-13-11-10-12-14-21/h10-14,17,20,24H,6-9,15-16H2,1-5H3. The summed E-state index contributed by atoms with van der Waals surface area (Å²) >= 11 is 0. The second-order valence-electron chi connectivity index (χ2n) is 7.41. The number of aryl methyl sites for hydroxylation is 1. The molecule has 0 aliphatic rings. The smallest absolute Gasteiger partial charge is 0.194 e. The van der Waals surface area contributed by atoms with Crippen molar-refractivity contribution >= 4 is 5.78 Å². The van der Waals surface area contributed by atoms with E-state index in [-0.39, 0.29) is 18.1 Å². The third-order valence-electron chi connectivity index (χ3n) is 5.13. The molecule has 0 amide bonds. The van der Waals surface area contributed by atoms with Gasteiger partial charge in [0, 0.05) is 35.7 Å². The summed E-state index contributed by atoms with van der Waals surface area (Å²) in [5.74, 6) is 0.0579. The van der Waals surface area contributed by atoms with Crippen LogP contribution in [-0.4, -0.2) is 29.9 Å². The molecule has 28 heavy (non-hydrogen) atoms. The van der Waals surface area contributed by atoms with Gasteiger partial charge < -0.3 is 14.0 Å². The van der Waals surface area contributed by atoms with E-state index in [1.807, 2.05) is 50.2 Å². The van der Waals surface area contributed by atoms with Gasteiger partial charge in [0.1, 0.15) is 0 Å². The van der Waals surface area contributed by atoms with E-state index in [1.165, 1.54) is 0 Å². The van der Waals surface area contributed by atoms with Crippen molar-refractivity contribution in [3.05, 3.63) is 58.9 Å². The molecule has 0 N–H and O–H groups in total. The molecule has 0 spiro atoms. The number of hydrogen-bond acceptors (Lipinski definition) is 3. The van der Waals surface area contributed by atoms with Crippen LogP contribution in [0.25, 0.3) is 0 Å². The lowest BCUT2D eigenvalue weighted by Crippen LogP contribution is -2.30.